The summed E-state index contributed by atoms with van der Waals surface area (Å²) < 4.78 is 35.3. The third kappa shape index (κ3) is 4.45. The van der Waals surface area contributed by atoms with Gasteiger partial charge in [-0.1, -0.05) is 0 Å². The lowest BCUT2D eigenvalue weighted by Gasteiger charge is -2.24. The standard InChI is InChI=1S/C7H12F3NO4/c1-3(13)5(14)4(2-12)11-6(15)7(8,9)10/h3-5,12-14H,2H2,1H3,(H,11,15)/t3-,4?,5-/m1/s1. The lowest BCUT2D eigenvalue weighted by Crippen LogP contribution is -2.53. The molecule has 1 unspecified atom stereocenters. The number of aliphatic hydroxyl groups is 3. The average molecular weight is 231 g/mol. The second-order valence-corrected chi connectivity index (χ2v) is 2.99. The summed E-state index contributed by atoms with van der Waals surface area (Å²) in [7, 11) is 0. The normalized spacial score (nSPS) is 18.1. The molecule has 1 amide bonds. The summed E-state index contributed by atoms with van der Waals surface area (Å²) in [4.78, 5) is 10.4. The summed E-state index contributed by atoms with van der Waals surface area (Å²) in [6, 6.07) is -1.56. The van der Waals surface area contributed by atoms with E-state index in [2.05, 4.69) is 0 Å². The Morgan fingerprint density at radius 2 is 1.87 bits per heavy atom. The predicted molar refractivity (Wildman–Crippen MR) is 42.8 cm³/mol. The molecule has 0 heterocycles. The van der Waals surface area contributed by atoms with Crippen molar-refractivity contribution in [2.75, 3.05) is 6.61 Å². The lowest BCUT2D eigenvalue weighted by molar-refractivity contribution is -0.176. The third-order valence-electron chi connectivity index (χ3n) is 1.68. The van der Waals surface area contributed by atoms with Gasteiger partial charge in [0, 0.05) is 0 Å². The van der Waals surface area contributed by atoms with E-state index in [9.17, 15) is 18.0 Å². The van der Waals surface area contributed by atoms with Gasteiger partial charge in [-0.3, -0.25) is 4.79 Å². The summed E-state index contributed by atoms with van der Waals surface area (Å²) >= 11 is 0. The van der Waals surface area contributed by atoms with Crippen molar-refractivity contribution in [3.05, 3.63) is 0 Å². The van der Waals surface area contributed by atoms with Crippen LogP contribution in [-0.4, -0.2) is 52.3 Å². The molecule has 0 aliphatic heterocycles. The fraction of sp³-hybridized carbons (Fsp3) is 0.857. The van der Waals surface area contributed by atoms with Crippen molar-refractivity contribution in [1.29, 1.82) is 0 Å². The van der Waals surface area contributed by atoms with Gasteiger partial charge in [-0.05, 0) is 6.92 Å². The minimum atomic E-state index is -5.09. The van der Waals surface area contributed by atoms with E-state index in [1.165, 1.54) is 5.32 Å². The maximum Gasteiger partial charge on any atom is 0.471 e. The molecule has 8 heteroatoms. The predicted octanol–water partition coefficient (Wildman–Crippen LogP) is -1.23. The molecule has 0 aliphatic rings. The molecule has 0 spiro atoms. The first-order valence-electron chi connectivity index (χ1n) is 4.04. The van der Waals surface area contributed by atoms with Gasteiger partial charge in [-0.2, -0.15) is 13.2 Å². The van der Waals surface area contributed by atoms with E-state index >= 15 is 0 Å². The molecule has 0 aliphatic carbocycles. The van der Waals surface area contributed by atoms with Gasteiger partial charge in [0.2, 0.25) is 0 Å². The van der Waals surface area contributed by atoms with Crippen LogP contribution in [0.3, 0.4) is 0 Å². The number of hydrogen-bond donors (Lipinski definition) is 4. The summed E-state index contributed by atoms with van der Waals surface area (Å²) in [5.74, 6) is -2.28. The second kappa shape index (κ2) is 5.29. The molecule has 0 rings (SSSR count). The number of carbonyl (C=O) groups excluding carboxylic acids is 1. The highest BCUT2D eigenvalue weighted by Gasteiger charge is 2.41. The van der Waals surface area contributed by atoms with Crippen LogP contribution in [0.5, 0.6) is 0 Å². The maximum absolute atomic E-state index is 11.8. The SMILES string of the molecule is C[C@@H](O)[C@@H](O)C(CO)NC(=O)C(F)(F)F. The molecule has 90 valence electrons. The van der Waals surface area contributed by atoms with Crippen molar-refractivity contribution in [1.82, 2.24) is 5.32 Å². The molecule has 5 nitrogen and oxygen atoms in total. The van der Waals surface area contributed by atoms with Crippen LogP contribution in [0.25, 0.3) is 0 Å². The number of carbonyl (C=O) groups is 1. The Hall–Kier alpha value is -0.860. The van der Waals surface area contributed by atoms with E-state index in [0.29, 0.717) is 0 Å². The number of nitrogens with one attached hydrogen (secondary N) is 1. The van der Waals surface area contributed by atoms with Gasteiger partial charge in [-0.25, -0.2) is 0 Å². The van der Waals surface area contributed by atoms with Crippen LogP contribution in [0.2, 0.25) is 0 Å². The van der Waals surface area contributed by atoms with Gasteiger partial charge >= 0.3 is 12.1 Å². The molecule has 0 saturated heterocycles. The molecule has 4 N–H and O–H groups in total. The first-order valence-corrected chi connectivity index (χ1v) is 4.04. The monoisotopic (exact) mass is 231 g/mol. The van der Waals surface area contributed by atoms with E-state index in [1.54, 1.807) is 0 Å². The first kappa shape index (κ1) is 14.1. The molecule has 0 aromatic carbocycles. The Kier molecular flexibility index (Phi) is 4.98. The average Bonchev–Trinajstić information content (AvgIpc) is 2.10. The molecule has 0 saturated carbocycles. The number of halogens is 3. The van der Waals surface area contributed by atoms with Crippen molar-refractivity contribution in [3.63, 3.8) is 0 Å². The van der Waals surface area contributed by atoms with E-state index < -0.39 is 36.9 Å². The molecular weight excluding hydrogens is 219 g/mol. The van der Waals surface area contributed by atoms with Crippen molar-refractivity contribution < 1.29 is 33.3 Å². The lowest BCUT2D eigenvalue weighted by atomic mass is 10.1. The smallest absolute Gasteiger partial charge is 0.394 e. The summed E-state index contributed by atoms with van der Waals surface area (Å²) in [5, 5.41) is 27.9. The fourth-order valence-corrected chi connectivity index (χ4v) is 0.825. The highest BCUT2D eigenvalue weighted by atomic mass is 19.4. The summed E-state index contributed by atoms with van der Waals surface area (Å²) in [6.07, 6.45) is -8.12. The quantitative estimate of drug-likeness (QED) is 0.487. The Labute approximate surface area is 83.5 Å². The molecule has 0 radical (unpaired) electrons. The molecule has 0 fully saturated rings. The molecule has 0 bridgehead atoms. The van der Waals surface area contributed by atoms with Crippen LogP contribution in [-0.2, 0) is 4.79 Å². The highest BCUT2D eigenvalue weighted by Crippen LogP contribution is 2.15. The molecule has 3 atom stereocenters. The number of aliphatic hydroxyl groups excluding tert-OH is 3. The van der Waals surface area contributed by atoms with Crippen LogP contribution in [0.4, 0.5) is 13.2 Å². The zero-order chi connectivity index (χ0) is 12.2. The van der Waals surface area contributed by atoms with E-state index in [1.807, 2.05) is 0 Å². The van der Waals surface area contributed by atoms with Crippen LogP contribution >= 0.6 is 0 Å². The maximum atomic E-state index is 11.8. The van der Waals surface area contributed by atoms with Crippen molar-refractivity contribution in [2.24, 2.45) is 0 Å². The Morgan fingerprint density at radius 3 is 2.13 bits per heavy atom. The largest absolute Gasteiger partial charge is 0.471 e. The van der Waals surface area contributed by atoms with E-state index in [4.69, 9.17) is 15.3 Å². The third-order valence-corrected chi connectivity index (χ3v) is 1.68. The molecular formula is C7H12F3NO4. The van der Waals surface area contributed by atoms with Crippen molar-refractivity contribution in [3.8, 4) is 0 Å². The zero-order valence-corrected chi connectivity index (χ0v) is 7.82. The van der Waals surface area contributed by atoms with Crippen LogP contribution in [0, 0.1) is 0 Å². The van der Waals surface area contributed by atoms with Crippen LogP contribution in [0.15, 0.2) is 0 Å². The van der Waals surface area contributed by atoms with E-state index in [0.717, 1.165) is 6.92 Å². The zero-order valence-electron chi connectivity index (χ0n) is 7.82. The minimum Gasteiger partial charge on any atom is -0.394 e. The fourth-order valence-electron chi connectivity index (χ4n) is 0.825. The first-order chi connectivity index (χ1) is 6.70. The second-order valence-electron chi connectivity index (χ2n) is 2.99. The van der Waals surface area contributed by atoms with Gasteiger partial charge in [-0.15, -0.1) is 0 Å². The van der Waals surface area contributed by atoms with Gasteiger partial charge in [0.05, 0.1) is 18.8 Å². The summed E-state index contributed by atoms with van der Waals surface area (Å²) in [6.45, 7) is 0.209. The number of alkyl halides is 3. The van der Waals surface area contributed by atoms with Gasteiger partial charge in [0.1, 0.15) is 6.10 Å². The molecule has 0 aromatic rings. The number of amides is 1. The van der Waals surface area contributed by atoms with Gasteiger partial charge < -0.3 is 20.6 Å². The van der Waals surface area contributed by atoms with Gasteiger partial charge in [0.25, 0.3) is 0 Å². The van der Waals surface area contributed by atoms with Crippen molar-refractivity contribution in [2.45, 2.75) is 31.3 Å². The van der Waals surface area contributed by atoms with Crippen molar-refractivity contribution >= 4 is 5.91 Å². The highest BCUT2D eigenvalue weighted by molar-refractivity contribution is 5.82. The minimum absolute atomic E-state index is 0.909. The number of hydrogen-bond acceptors (Lipinski definition) is 4. The molecule has 15 heavy (non-hydrogen) atoms. The van der Waals surface area contributed by atoms with Crippen LogP contribution in [0.1, 0.15) is 6.92 Å². The Bertz CT molecular complexity index is 219. The van der Waals surface area contributed by atoms with Gasteiger partial charge in [0.15, 0.2) is 0 Å². The van der Waals surface area contributed by atoms with E-state index in [-0.39, 0.29) is 0 Å². The topological polar surface area (TPSA) is 89.8 Å². The Morgan fingerprint density at radius 1 is 1.40 bits per heavy atom. The van der Waals surface area contributed by atoms with Crippen LogP contribution < -0.4 is 5.32 Å². The Balaban J connectivity index is 4.41. The molecule has 0 aromatic heterocycles. The number of rotatable bonds is 4. The summed E-state index contributed by atoms with van der Waals surface area (Å²) in [5.41, 5.74) is 0.